The second-order valence-corrected chi connectivity index (χ2v) is 4.47. The van der Waals surface area contributed by atoms with Crippen molar-refractivity contribution in [3.63, 3.8) is 0 Å². The van der Waals surface area contributed by atoms with E-state index in [0.29, 0.717) is 22.3 Å². The third-order valence-corrected chi connectivity index (χ3v) is 3.02. The molecule has 0 bridgehead atoms. The van der Waals surface area contributed by atoms with Crippen LogP contribution in [0.25, 0.3) is 11.1 Å². The summed E-state index contributed by atoms with van der Waals surface area (Å²) < 4.78 is 0. The number of nitrogens with zero attached hydrogens (tertiary/aromatic N) is 1. The standard InChI is InChI=1S/C15H13NO2/c1-9(2)13-12(8-16)10-6-4-3-5-7-11(10)14(13)15(17)18/h3-7,9H,1-2H3,(H,17,18). The molecule has 0 saturated heterocycles. The van der Waals surface area contributed by atoms with E-state index < -0.39 is 5.97 Å². The monoisotopic (exact) mass is 239 g/mol. The average molecular weight is 239 g/mol. The van der Waals surface area contributed by atoms with Crippen molar-refractivity contribution in [1.82, 2.24) is 0 Å². The molecule has 0 amide bonds. The maximum Gasteiger partial charge on any atom is 0.336 e. The fourth-order valence-corrected chi connectivity index (χ4v) is 2.33. The van der Waals surface area contributed by atoms with E-state index in [0.717, 1.165) is 0 Å². The topological polar surface area (TPSA) is 61.1 Å². The number of carbonyl (C=O) groups is 1. The molecule has 0 heterocycles. The quantitative estimate of drug-likeness (QED) is 0.872. The van der Waals surface area contributed by atoms with Gasteiger partial charge in [-0.05, 0) is 17.0 Å². The number of aromatic carboxylic acids is 1. The molecule has 0 spiro atoms. The van der Waals surface area contributed by atoms with Crippen LogP contribution in [0.1, 0.15) is 41.3 Å². The number of carboxylic acids is 1. The molecule has 90 valence electrons. The minimum Gasteiger partial charge on any atom is -0.478 e. The summed E-state index contributed by atoms with van der Waals surface area (Å²) in [7, 11) is 0. The molecule has 1 N–H and O–H groups in total. The summed E-state index contributed by atoms with van der Waals surface area (Å²) in [5, 5.41) is 18.7. The molecule has 3 nitrogen and oxygen atoms in total. The van der Waals surface area contributed by atoms with Crippen LogP contribution in [0.2, 0.25) is 0 Å². The summed E-state index contributed by atoms with van der Waals surface area (Å²) >= 11 is 0. The molecule has 0 saturated carbocycles. The second-order valence-electron chi connectivity index (χ2n) is 4.47. The van der Waals surface area contributed by atoms with Crippen LogP contribution in [-0.2, 0) is 0 Å². The molecule has 0 fully saturated rings. The van der Waals surface area contributed by atoms with Gasteiger partial charge in [0, 0.05) is 5.56 Å². The van der Waals surface area contributed by atoms with Crippen molar-refractivity contribution < 1.29 is 9.90 Å². The van der Waals surface area contributed by atoms with Gasteiger partial charge < -0.3 is 5.11 Å². The predicted octanol–water partition coefficient (Wildman–Crippen LogP) is 3.48. The minimum atomic E-state index is -0.976. The summed E-state index contributed by atoms with van der Waals surface area (Å²) in [5.41, 5.74) is 2.71. The number of fused-ring (bicyclic) bond motifs is 1. The Kier molecular flexibility index (Phi) is 3.03. The Labute approximate surface area is 106 Å². The molecule has 0 aromatic heterocycles. The van der Waals surface area contributed by atoms with E-state index in [2.05, 4.69) is 6.07 Å². The van der Waals surface area contributed by atoms with Gasteiger partial charge in [-0.3, -0.25) is 0 Å². The van der Waals surface area contributed by atoms with Crippen molar-refractivity contribution in [2.45, 2.75) is 19.8 Å². The predicted molar refractivity (Wildman–Crippen MR) is 68.8 cm³/mol. The molecule has 18 heavy (non-hydrogen) atoms. The minimum absolute atomic E-state index is 0.00320. The van der Waals surface area contributed by atoms with E-state index in [1.54, 1.807) is 18.2 Å². The lowest BCUT2D eigenvalue weighted by atomic mass is 9.98. The van der Waals surface area contributed by atoms with Gasteiger partial charge in [0.15, 0.2) is 0 Å². The Hall–Kier alpha value is -2.34. The van der Waals surface area contributed by atoms with Crippen LogP contribution in [0.15, 0.2) is 30.3 Å². The van der Waals surface area contributed by atoms with Gasteiger partial charge in [0.05, 0.1) is 11.1 Å². The lowest BCUT2D eigenvalue weighted by Crippen LogP contribution is -2.02. The number of hydrogen-bond donors (Lipinski definition) is 1. The average Bonchev–Trinajstić information content (AvgIpc) is 2.45. The van der Waals surface area contributed by atoms with E-state index in [1.807, 2.05) is 26.0 Å². The molecular formula is C15H13NO2. The zero-order valence-corrected chi connectivity index (χ0v) is 10.3. The van der Waals surface area contributed by atoms with Crippen LogP contribution < -0.4 is 0 Å². The van der Waals surface area contributed by atoms with Gasteiger partial charge in [-0.2, -0.15) is 5.26 Å². The van der Waals surface area contributed by atoms with Crippen molar-refractivity contribution in [1.29, 1.82) is 5.26 Å². The molecule has 2 rings (SSSR count). The third-order valence-electron chi connectivity index (χ3n) is 3.02. The molecule has 2 aliphatic rings. The molecule has 0 aliphatic heterocycles. The van der Waals surface area contributed by atoms with Crippen LogP contribution in [0.5, 0.6) is 0 Å². The molecule has 2 aliphatic carbocycles. The molecule has 0 aromatic rings. The summed E-state index contributed by atoms with van der Waals surface area (Å²) in [6, 6.07) is 11.1. The van der Waals surface area contributed by atoms with Gasteiger partial charge in [0.2, 0.25) is 0 Å². The molecule has 0 atom stereocenters. The van der Waals surface area contributed by atoms with Crippen LogP contribution in [0, 0.1) is 11.3 Å². The van der Waals surface area contributed by atoms with Gasteiger partial charge in [-0.15, -0.1) is 0 Å². The van der Waals surface area contributed by atoms with Gasteiger partial charge in [0.25, 0.3) is 0 Å². The Morgan fingerprint density at radius 2 is 1.83 bits per heavy atom. The lowest BCUT2D eigenvalue weighted by molar-refractivity contribution is 0.0696. The van der Waals surface area contributed by atoms with E-state index in [9.17, 15) is 15.2 Å². The number of carboxylic acid groups (broad SMARTS) is 1. The van der Waals surface area contributed by atoms with Crippen molar-refractivity contribution in [2.75, 3.05) is 0 Å². The van der Waals surface area contributed by atoms with E-state index in [1.165, 1.54) is 0 Å². The summed E-state index contributed by atoms with van der Waals surface area (Å²) in [5.74, 6) is -0.972. The largest absolute Gasteiger partial charge is 0.478 e. The maximum atomic E-state index is 11.5. The second kappa shape index (κ2) is 4.50. The smallest absolute Gasteiger partial charge is 0.336 e. The van der Waals surface area contributed by atoms with Crippen LogP contribution in [-0.4, -0.2) is 11.1 Å². The van der Waals surface area contributed by atoms with Crippen molar-refractivity contribution in [2.24, 2.45) is 0 Å². The first-order valence-electron chi connectivity index (χ1n) is 5.76. The maximum absolute atomic E-state index is 11.5. The van der Waals surface area contributed by atoms with E-state index in [4.69, 9.17) is 0 Å². The third kappa shape index (κ3) is 1.72. The van der Waals surface area contributed by atoms with Crippen molar-refractivity contribution in [3.05, 3.63) is 47.0 Å². The molecule has 0 aromatic carbocycles. The fraction of sp³-hybridized carbons (Fsp3) is 0.200. The van der Waals surface area contributed by atoms with Gasteiger partial charge in [0.1, 0.15) is 6.07 Å². The van der Waals surface area contributed by atoms with Crippen LogP contribution >= 0.6 is 0 Å². The number of nitriles is 1. The highest BCUT2D eigenvalue weighted by atomic mass is 16.4. The highest BCUT2D eigenvalue weighted by molar-refractivity contribution is 6.02. The van der Waals surface area contributed by atoms with E-state index in [-0.39, 0.29) is 11.5 Å². The highest BCUT2D eigenvalue weighted by Gasteiger charge is 2.27. The van der Waals surface area contributed by atoms with Gasteiger partial charge in [-0.1, -0.05) is 44.2 Å². The Balaban J connectivity index is 2.95. The van der Waals surface area contributed by atoms with Crippen molar-refractivity contribution >= 4 is 5.97 Å². The van der Waals surface area contributed by atoms with Gasteiger partial charge >= 0.3 is 5.97 Å². The zero-order chi connectivity index (χ0) is 13.3. The summed E-state index contributed by atoms with van der Waals surface area (Å²) in [6.07, 6.45) is 0. The fourth-order valence-electron chi connectivity index (χ4n) is 2.33. The summed E-state index contributed by atoms with van der Waals surface area (Å²) in [6.45, 7) is 3.81. The van der Waals surface area contributed by atoms with E-state index >= 15 is 0 Å². The molecule has 0 unspecified atom stereocenters. The SMILES string of the molecule is CC(C)c1c(C#N)c2cccccc-2c1C(=O)O. The first-order chi connectivity index (χ1) is 8.57. The first kappa shape index (κ1) is 12.1. The molecular weight excluding hydrogens is 226 g/mol. The van der Waals surface area contributed by atoms with Crippen molar-refractivity contribution in [3.8, 4) is 17.2 Å². The Morgan fingerprint density at radius 3 is 2.33 bits per heavy atom. The van der Waals surface area contributed by atoms with Crippen LogP contribution in [0.4, 0.5) is 0 Å². The first-order valence-corrected chi connectivity index (χ1v) is 5.76. The lowest BCUT2D eigenvalue weighted by Gasteiger charge is -2.05. The zero-order valence-electron chi connectivity index (χ0n) is 10.3. The molecule has 0 radical (unpaired) electrons. The molecule has 3 heteroatoms. The number of hydrogen-bond acceptors (Lipinski definition) is 2. The van der Waals surface area contributed by atoms with Crippen LogP contribution in [0.3, 0.4) is 0 Å². The number of rotatable bonds is 2. The van der Waals surface area contributed by atoms with Gasteiger partial charge in [-0.25, -0.2) is 4.79 Å². The normalized spacial score (nSPS) is 10.6. The highest BCUT2D eigenvalue weighted by Crippen LogP contribution is 2.39. The Bertz CT molecular complexity index is 623. The Morgan fingerprint density at radius 1 is 1.22 bits per heavy atom. The summed E-state index contributed by atoms with van der Waals surface area (Å²) in [4.78, 5) is 11.5.